The Morgan fingerprint density at radius 1 is 1.39 bits per heavy atom. The number of hydrogen-bond donors (Lipinski definition) is 1. The lowest BCUT2D eigenvalue weighted by atomic mass is 9.99. The van der Waals surface area contributed by atoms with E-state index < -0.39 is 0 Å². The fourth-order valence-corrected chi connectivity index (χ4v) is 2.97. The summed E-state index contributed by atoms with van der Waals surface area (Å²) in [6, 6.07) is 4.06. The van der Waals surface area contributed by atoms with E-state index in [2.05, 4.69) is 22.2 Å². The van der Waals surface area contributed by atoms with Crippen LogP contribution in [0.15, 0.2) is 35.2 Å². The second-order valence-corrected chi connectivity index (χ2v) is 5.78. The maximum Gasteiger partial charge on any atom is 0.257 e. The maximum atomic E-state index is 12.6. The molecule has 1 N–H and O–H groups in total. The van der Waals surface area contributed by atoms with Crippen LogP contribution in [-0.4, -0.2) is 33.4 Å². The molecular formula is C17H22N4O2. The van der Waals surface area contributed by atoms with E-state index in [0.29, 0.717) is 24.1 Å². The summed E-state index contributed by atoms with van der Waals surface area (Å²) < 4.78 is 5.24. The van der Waals surface area contributed by atoms with E-state index in [9.17, 15) is 4.79 Å². The number of aromatic nitrogens is 2. The molecule has 2 aromatic heterocycles. The first kappa shape index (κ1) is 15.5. The summed E-state index contributed by atoms with van der Waals surface area (Å²) >= 11 is 0. The number of piperidine rings is 1. The predicted octanol–water partition coefficient (Wildman–Crippen LogP) is 3.09. The Labute approximate surface area is 135 Å². The highest BCUT2D eigenvalue weighted by Gasteiger charge is 2.26. The third kappa shape index (κ3) is 3.70. The van der Waals surface area contributed by atoms with Crippen molar-refractivity contribution in [3.63, 3.8) is 0 Å². The number of carbonyl (C=O) groups excluding carboxylic acids is 1. The first-order valence-electron chi connectivity index (χ1n) is 8.17. The second-order valence-electron chi connectivity index (χ2n) is 5.78. The minimum absolute atomic E-state index is 0.0362. The van der Waals surface area contributed by atoms with E-state index in [1.54, 1.807) is 18.7 Å². The van der Waals surface area contributed by atoms with Gasteiger partial charge in [-0.3, -0.25) is 4.79 Å². The van der Waals surface area contributed by atoms with Gasteiger partial charge in [0.05, 0.1) is 18.4 Å². The third-order valence-electron chi connectivity index (χ3n) is 4.26. The van der Waals surface area contributed by atoms with E-state index >= 15 is 0 Å². The van der Waals surface area contributed by atoms with Crippen LogP contribution in [0, 0.1) is 0 Å². The van der Waals surface area contributed by atoms with Crippen LogP contribution in [0.3, 0.4) is 0 Å². The molecule has 0 radical (unpaired) electrons. The summed E-state index contributed by atoms with van der Waals surface area (Å²) in [6.45, 7) is 3.48. The minimum atomic E-state index is 0.0362. The van der Waals surface area contributed by atoms with Gasteiger partial charge >= 0.3 is 0 Å². The van der Waals surface area contributed by atoms with Gasteiger partial charge in [0.25, 0.3) is 5.91 Å². The fraction of sp³-hybridized carbons (Fsp3) is 0.471. The quantitative estimate of drug-likeness (QED) is 0.918. The highest BCUT2D eigenvalue weighted by Crippen LogP contribution is 2.21. The van der Waals surface area contributed by atoms with Crippen LogP contribution in [0.4, 0.5) is 5.95 Å². The molecule has 1 amide bonds. The molecule has 3 heterocycles. The van der Waals surface area contributed by atoms with Crippen LogP contribution in [0.1, 0.15) is 48.7 Å². The zero-order valence-electron chi connectivity index (χ0n) is 13.4. The number of nitrogens with one attached hydrogen (secondary N) is 1. The lowest BCUT2D eigenvalue weighted by Gasteiger charge is -2.35. The van der Waals surface area contributed by atoms with Crippen LogP contribution in [0.25, 0.3) is 0 Å². The average Bonchev–Trinajstić information content (AvgIpc) is 3.13. The van der Waals surface area contributed by atoms with Crippen LogP contribution < -0.4 is 5.32 Å². The zero-order chi connectivity index (χ0) is 16.1. The number of anilines is 1. The Balaban J connectivity index is 1.62. The Bertz CT molecular complexity index is 625. The Kier molecular flexibility index (Phi) is 4.90. The van der Waals surface area contributed by atoms with Crippen molar-refractivity contribution in [3.8, 4) is 0 Å². The molecule has 3 rings (SSSR count). The normalized spacial score (nSPS) is 18.0. The number of rotatable bonds is 5. The van der Waals surface area contributed by atoms with E-state index in [0.717, 1.165) is 31.6 Å². The lowest BCUT2D eigenvalue weighted by molar-refractivity contribution is 0.0607. The van der Waals surface area contributed by atoms with Crippen molar-refractivity contribution < 1.29 is 9.21 Å². The largest absolute Gasteiger partial charge is 0.467 e. The molecule has 1 saturated heterocycles. The topological polar surface area (TPSA) is 71.3 Å². The second kappa shape index (κ2) is 7.26. The van der Waals surface area contributed by atoms with Crippen molar-refractivity contribution in [1.82, 2.24) is 14.9 Å². The van der Waals surface area contributed by atoms with Crippen molar-refractivity contribution in [1.29, 1.82) is 0 Å². The van der Waals surface area contributed by atoms with Crippen LogP contribution in [0.2, 0.25) is 0 Å². The molecule has 1 unspecified atom stereocenters. The Hall–Kier alpha value is -2.37. The third-order valence-corrected chi connectivity index (χ3v) is 4.26. The van der Waals surface area contributed by atoms with Crippen molar-refractivity contribution in [2.75, 3.05) is 11.9 Å². The molecule has 6 heteroatoms. The SMILES string of the molecule is CCC1CCCCN1C(=O)c1cnc(NCc2ccco2)nc1. The summed E-state index contributed by atoms with van der Waals surface area (Å²) in [5.74, 6) is 1.34. The Morgan fingerprint density at radius 2 is 2.22 bits per heavy atom. The zero-order valence-corrected chi connectivity index (χ0v) is 13.4. The lowest BCUT2D eigenvalue weighted by Crippen LogP contribution is -2.43. The van der Waals surface area contributed by atoms with Gasteiger partial charge in [0, 0.05) is 25.0 Å². The van der Waals surface area contributed by atoms with Gasteiger partial charge in [-0.2, -0.15) is 0 Å². The number of nitrogens with zero attached hydrogens (tertiary/aromatic N) is 3. The standard InChI is InChI=1S/C17H22N4O2/c1-2-14-6-3-4-8-21(14)16(22)13-10-18-17(19-11-13)20-12-15-7-5-9-23-15/h5,7,9-11,14H,2-4,6,8,12H2,1H3,(H,18,19,20). The number of furan rings is 1. The molecule has 122 valence electrons. The van der Waals surface area contributed by atoms with Crippen LogP contribution in [-0.2, 0) is 6.54 Å². The molecule has 0 aliphatic carbocycles. The van der Waals surface area contributed by atoms with Gasteiger partial charge in [-0.05, 0) is 37.8 Å². The molecule has 0 saturated carbocycles. The maximum absolute atomic E-state index is 12.6. The van der Waals surface area contributed by atoms with Crippen LogP contribution >= 0.6 is 0 Å². The number of likely N-dealkylation sites (tertiary alicyclic amines) is 1. The van der Waals surface area contributed by atoms with Gasteiger partial charge in [0.2, 0.25) is 5.95 Å². The van der Waals surface area contributed by atoms with Crippen molar-refractivity contribution in [2.45, 2.75) is 45.2 Å². The first-order valence-corrected chi connectivity index (χ1v) is 8.17. The van der Waals surface area contributed by atoms with Gasteiger partial charge in [-0.1, -0.05) is 6.92 Å². The number of hydrogen-bond acceptors (Lipinski definition) is 5. The summed E-state index contributed by atoms with van der Waals surface area (Å²) in [5, 5.41) is 3.07. The summed E-state index contributed by atoms with van der Waals surface area (Å²) in [4.78, 5) is 23.1. The molecule has 1 fully saturated rings. The molecule has 0 spiro atoms. The molecule has 2 aromatic rings. The molecular weight excluding hydrogens is 292 g/mol. The molecule has 0 aromatic carbocycles. The van der Waals surface area contributed by atoms with Crippen molar-refractivity contribution in [2.24, 2.45) is 0 Å². The summed E-state index contributed by atoms with van der Waals surface area (Å²) in [6.07, 6.45) is 9.19. The fourth-order valence-electron chi connectivity index (χ4n) is 2.97. The average molecular weight is 314 g/mol. The molecule has 6 nitrogen and oxygen atoms in total. The Morgan fingerprint density at radius 3 is 2.91 bits per heavy atom. The monoisotopic (exact) mass is 314 g/mol. The van der Waals surface area contributed by atoms with Crippen molar-refractivity contribution >= 4 is 11.9 Å². The summed E-state index contributed by atoms with van der Waals surface area (Å²) in [5.41, 5.74) is 0.550. The highest BCUT2D eigenvalue weighted by atomic mass is 16.3. The summed E-state index contributed by atoms with van der Waals surface area (Å²) in [7, 11) is 0. The smallest absolute Gasteiger partial charge is 0.257 e. The van der Waals surface area contributed by atoms with Gasteiger partial charge < -0.3 is 14.6 Å². The van der Waals surface area contributed by atoms with E-state index in [-0.39, 0.29) is 5.91 Å². The van der Waals surface area contributed by atoms with E-state index in [4.69, 9.17) is 4.42 Å². The number of amides is 1. The van der Waals surface area contributed by atoms with Crippen molar-refractivity contribution in [3.05, 3.63) is 42.1 Å². The van der Waals surface area contributed by atoms with Crippen LogP contribution in [0.5, 0.6) is 0 Å². The molecule has 1 atom stereocenters. The van der Waals surface area contributed by atoms with E-state index in [1.165, 1.54) is 6.42 Å². The van der Waals surface area contributed by atoms with Gasteiger partial charge in [0.15, 0.2) is 0 Å². The molecule has 1 aliphatic heterocycles. The molecule has 1 aliphatic rings. The molecule has 0 bridgehead atoms. The molecule has 23 heavy (non-hydrogen) atoms. The van der Waals surface area contributed by atoms with E-state index in [1.807, 2.05) is 17.0 Å². The highest BCUT2D eigenvalue weighted by molar-refractivity contribution is 5.94. The first-order chi connectivity index (χ1) is 11.3. The van der Waals surface area contributed by atoms with Gasteiger partial charge in [-0.15, -0.1) is 0 Å². The predicted molar refractivity (Wildman–Crippen MR) is 87.0 cm³/mol. The van der Waals surface area contributed by atoms with Gasteiger partial charge in [0.1, 0.15) is 5.76 Å². The number of carbonyl (C=O) groups is 1. The minimum Gasteiger partial charge on any atom is -0.467 e. The van der Waals surface area contributed by atoms with Gasteiger partial charge in [-0.25, -0.2) is 9.97 Å².